The number of amides is 1. The number of hydrogen-bond donors (Lipinski definition) is 1. The Morgan fingerprint density at radius 3 is 2.52 bits per heavy atom. The van der Waals surface area contributed by atoms with E-state index in [0.717, 1.165) is 0 Å². The number of carbonyl (C=O) groups is 1. The molecule has 0 radical (unpaired) electrons. The number of nitro benzene ring substituents is 1. The van der Waals surface area contributed by atoms with Crippen LogP contribution >= 0.6 is 23.2 Å². The third-order valence-corrected chi connectivity index (χ3v) is 4.39. The van der Waals surface area contributed by atoms with Crippen LogP contribution in [-0.2, 0) is 4.79 Å². The summed E-state index contributed by atoms with van der Waals surface area (Å²) in [7, 11) is 0. The van der Waals surface area contributed by atoms with Crippen LogP contribution in [0.3, 0.4) is 0 Å². The molecule has 3 aromatic rings. The fraction of sp³-hybridized carbons (Fsp3) is 0. The maximum atomic E-state index is 12.3. The predicted octanol–water partition coefficient (Wildman–Crippen LogP) is 5.71. The van der Waals surface area contributed by atoms with E-state index in [1.54, 1.807) is 30.3 Å². The molecule has 1 N–H and O–H groups in total. The third-order valence-electron chi connectivity index (χ3n) is 3.81. The lowest BCUT2D eigenvalue weighted by Gasteiger charge is -2.04. The van der Waals surface area contributed by atoms with Crippen molar-refractivity contribution in [2.75, 3.05) is 5.32 Å². The Kier molecular flexibility index (Phi) is 5.98. The van der Waals surface area contributed by atoms with Gasteiger partial charge < -0.3 is 9.73 Å². The van der Waals surface area contributed by atoms with Crippen LogP contribution in [0.5, 0.6) is 0 Å². The van der Waals surface area contributed by atoms with E-state index in [1.165, 1.54) is 30.3 Å². The highest BCUT2D eigenvalue weighted by Gasteiger charge is 2.15. The highest BCUT2D eigenvalue weighted by Crippen LogP contribution is 2.33. The Morgan fingerprint density at radius 1 is 1.14 bits per heavy atom. The summed E-state index contributed by atoms with van der Waals surface area (Å²) in [6.45, 7) is 0. The monoisotopic (exact) mass is 427 g/mol. The molecule has 0 saturated carbocycles. The van der Waals surface area contributed by atoms with Gasteiger partial charge in [0.25, 0.3) is 11.6 Å². The molecule has 0 fully saturated rings. The van der Waals surface area contributed by atoms with Gasteiger partial charge in [-0.15, -0.1) is 0 Å². The molecule has 3 rings (SSSR count). The van der Waals surface area contributed by atoms with E-state index in [4.69, 9.17) is 27.6 Å². The summed E-state index contributed by atoms with van der Waals surface area (Å²) in [5.74, 6) is -0.146. The minimum atomic E-state index is -0.624. The Balaban J connectivity index is 1.85. The number of furan rings is 1. The molecule has 0 unspecified atom stereocenters. The zero-order chi connectivity index (χ0) is 21.0. The summed E-state index contributed by atoms with van der Waals surface area (Å²) in [4.78, 5) is 22.7. The Labute approximate surface area is 174 Å². The first-order valence-electron chi connectivity index (χ1n) is 8.10. The third kappa shape index (κ3) is 4.82. The number of benzene rings is 2. The van der Waals surface area contributed by atoms with Gasteiger partial charge in [-0.25, -0.2) is 0 Å². The number of non-ortho nitro benzene ring substituents is 1. The lowest BCUT2D eigenvalue weighted by molar-refractivity contribution is -0.384. The van der Waals surface area contributed by atoms with Crippen molar-refractivity contribution in [1.82, 2.24) is 0 Å². The second kappa shape index (κ2) is 8.61. The van der Waals surface area contributed by atoms with Crippen molar-refractivity contribution in [3.8, 4) is 17.4 Å². The topological polar surface area (TPSA) is 109 Å². The van der Waals surface area contributed by atoms with Gasteiger partial charge in [-0.2, -0.15) is 5.26 Å². The Morgan fingerprint density at radius 2 is 1.86 bits per heavy atom. The van der Waals surface area contributed by atoms with Crippen LogP contribution in [0.15, 0.2) is 64.6 Å². The van der Waals surface area contributed by atoms with E-state index in [0.29, 0.717) is 16.3 Å². The number of anilines is 1. The molecule has 2 aromatic carbocycles. The molecule has 0 aliphatic rings. The molecule has 29 heavy (non-hydrogen) atoms. The van der Waals surface area contributed by atoms with Crippen LogP contribution < -0.4 is 5.32 Å². The van der Waals surface area contributed by atoms with E-state index < -0.39 is 10.8 Å². The van der Waals surface area contributed by atoms with Gasteiger partial charge in [0.1, 0.15) is 23.2 Å². The van der Waals surface area contributed by atoms with Crippen molar-refractivity contribution in [3.05, 3.63) is 86.1 Å². The molecular formula is C20H11Cl2N3O4. The number of rotatable bonds is 5. The van der Waals surface area contributed by atoms with Crippen molar-refractivity contribution >= 4 is 46.6 Å². The van der Waals surface area contributed by atoms with Crippen LogP contribution in [0, 0.1) is 21.4 Å². The minimum absolute atomic E-state index is 0.141. The predicted molar refractivity (Wildman–Crippen MR) is 109 cm³/mol. The molecular weight excluding hydrogens is 417 g/mol. The highest BCUT2D eigenvalue weighted by atomic mass is 35.5. The van der Waals surface area contributed by atoms with Gasteiger partial charge >= 0.3 is 0 Å². The maximum absolute atomic E-state index is 12.3. The number of nitrogens with zero attached hydrogens (tertiary/aromatic N) is 2. The summed E-state index contributed by atoms with van der Waals surface area (Å²) < 4.78 is 5.60. The van der Waals surface area contributed by atoms with Crippen LogP contribution in [0.1, 0.15) is 5.76 Å². The summed E-state index contributed by atoms with van der Waals surface area (Å²) in [5, 5.41) is 23.6. The SMILES string of the molecule is N#C/C(=C/c1ccc(-c2cc([N+](=O)[O-])ccc2Cl)o1)C(=O)Nc1ccc(Cl)cc1. The number of nitriles is 1. The van der Waals surface area contributed by atoms with Crippen LogP contribution in [0.25, 0.3) is 17.4 Å². The summed E-state index contributed by atoms with van der Waals surface area (Å²) in [6, 6.07) is 15.3. The van der Waals surface area contributed by atoms with Crippen molar-refractivity contribution in [2.24, 2.45) is 0 Å². The van der Waals surface area contributed by atoms with Crippen LogP contribution in [-0.4, -0.2) is 10.8 Å². The molecule has 7 nitrogen and oxygen atoms in total. The first-order chi connectivity index (χ1) is 13.9. The quantitative estimate of drug-likeness (QED) is 0.242. The second-order valence-corrected chi connectivity index (χ2v) is 6.60. The lowest BCUT2D eigenvalue weighted by atomic mass is 10.1. The number of halogens is 2. The molecule has 1 heterocycles. The van der Waals surface area contributed by atoms with E-state index in [-0.39, 0.29) is 27.8 Å². The average molecular weight is 428 g/mol. The normalized spacial score (nSPS) is 11.0. The van der Waals surface area contributed by atoms with E-state index in [2.05, 4.69) is 5.32 Å². The molecule has 0 atom stereocenters. The molecule has 1 amide bonds. The fourth-order valence-corrected chi connectivity index (χ4v) is 2.75. The Hall–Kier alpha value is -3.60. The van der Waals surface area contributed by atoms with Gasteiger partial charge in [0.15, 0.2) is 0 Å². The molecule has 0 spiro atoms. The Bertz CT molecular complexity index is 1160. The van der Waals surface area contributed by atoms with Gasteiger partial charge in [-0.3, -0.25) is 14.9 Å². The second-order valence-electron chi connectivity index (χ2n) is 5.75. The standard InChI is InChI=1S/C20H11Cl2N3O4/c21-13-1-3-14(4-2-13)24-20(26)12(11-23)9-16-6-8-19(29-16)17-10-15(25(27)28)5-7-18(17)22/h1-10H,(H,24,26)/b12-9-. The lowest BCUT2D eigenvalue weighted by Crippen LogP contribution is -2.13. The first kappa shape index (κ1) is 20.1. The smallest absolute Gasteiger partial charge is 0.270 e. The first-order valence-corrected chi connectivity index (χ1v) is 8.86. The van der Waals surface area contributed by atoms with Gasteiger partial charge in [-0.1, -0.05) is 23.2 Å². The van der Waals surface area contributed by atoms with Crippen molar-refractivity contribution in [3.63, 3.8) is 0 Å². The van der Waals surface area contributed by atoms with Gasteiger partial charge in [0, 0.05) is 34.5 Å². The summed E-state index contributed by atoms with van der Waals surface area (Å²) >= 11 is 11.9. The number of carbonyl (C=O) groups excluding carboxylic acids is 1. The number of nitrogens with one attached hydrogen (secondary N) is 1. The number of nitro groups is 1. The molecule has 0 aliphatic heterocycles. The van der Waals surface area contributed by atoms with Gasteiger partial charge in [0.05, 0.1) is 9.95 Å². The molecule has 144 valence electrons. The van der Waals surface area contributed by atoms with E-state index in [9.17, 15) is 20.2 Å². The number of hydrogen-bond acceptors (Lipinski definition) is 5. The molecule has 0 aliphatic carbocycles. The highest BCUT2D eigenvalue weighted by molar-refractivity contribution is 6.33. The van der Waals surface area contributed by atoms with Crippen LogP contribution in [0.2, 0.25) is 10.0 Å². The van der Waals surface area contributed by atoms with E-state index >= 15 is 0 Å². The van der Waals surface area contributed by atoms with Crippen molar-refractivity contribution in [1.29, 1.82) is 5.26 Å². The fourth-order valence-electron chi connectivity index (χ4n) is 2.41. The molecule has 0 saturated heterocycles. The minimum Gasteiger partial charge on any atom is -0.457 e. The van der Waals surface area contributed by atoms with Gasteiger partial charge in [-0.05, 0) is 42.5 Å². The van der Waals surface area contributed by atoms with Crippen LogP contribution in [0.4, 0.5) is 11.4 Å². The van der Waals surface area contributed by atoms with E-state index in [1.807, 2.05) is 6.07 Å². The van der Waals surface area contributed by atoms with Gasteiger partial charge in [0.2, 0.25) is 0 Å². The summed E-state index contributed by atoms with van der Waals surface area (Å²) in [5.41, 5.74) is 0.470. The zero-order valence-corrected chi connectivity index (χ0v) is 16.1. The molecule has 0 bridgehead atoms. The molecule has 9 heteroatoms. The average Bonchev–Trinajstić information content (AvgIpc) is 3.16. The summed E-state index contributed by atoms with van der Waals surface area (Å²) in [6.07, 6.45) is 1.26. The maximum Gasteiger partial charge on any atom is 0.270 e. The largest absolute Gasteiger partial charge is 0.457 e. The molecule has 1 aromatic heterocycles. The van der Waals surface area contributed by atoms with Crippen molar-refractivity contribution < 1.29 is 14.1 Å². The van der Waals surface area contributed by atoms with Crippen molar-refractivity contribution in [2.45, 2.75) is 0 Å². The zero-order valence-electron chi connectivity index (χ0n) is 14.6.